The molecule has 2 aliphatic heterocycles. The van der Waals surface area contributed by atoms with Gasteiger partial charge in [0.25, 0.3) is 0 Å². The zero-order valence-electron chi connectivity index (χ0n) is 14.4. The van der Waals surface area contributed by atoms with Crippen molar-refractivity contribution in [3.63, 3.8) is 0 Å². The number of hydrogen-bond donors (Lipinski definition) is 1. The maximum atomic E-state index is 12.0. The Balaban J connectivity index is 1.58. The molecule has 2 saturated heterocycles. The van der Waals surface area contributed by atoms with E-state index in [1.807, 2.05) is 19.2 Å². The van der Waals surface area contributed by atoms with Gasteiger partial charge in [-0.05, 0) is 37.7 Å². The third kappa shape index (κ3) is 4.08. The zero-order chi connectivity index (χ0) is 17.8. The first-order valence-electron chi connectivity index (χ1n) is 8.43. The van der Waals surface area contributed by atoms with Crippen molar-refractivity contribution in [1.29, 1.82) is 0 Å². The summed E-state index contributed by atoms with van der Waals surface area (Å²) in [6, 6.07) is 7.18. The van der Waals surface area contributed by atoms with Crippen LogP contribution in [0.1, 0.15) is 18.4 Å². The first kappa shape index (κ1) is 17.2. The van der Waals surface area contributed by atoms with Crippen LogP contribution in [0, 0.1) is 0 Å². The number of nitrogens with two attached hydrogens (primary N) is 1. The van der Waals surface area contributed by atoms with E-state index in [-0.39, 0.29) is 11.7 Å². The van der Waals surface area contributed by atoms with Crippen LogP contribution >= 0.6 is 0 Å². The molecular formula is C17H23N5O3. The van der Waals surface area contributed by atoms with E-state index in [2.05, 4.69) is 10.1 Å². The average molecular weight is 345 g/mol. The summed E-state index contributed by atoms with van der Waals surface area (Å²) in [4.78, 5) is 34.2. The van der Waals surface area contributed by atoms with Crippen LogP contribution in [0.25, 0.3) is 0 Å². The van der Waals surface area contributed by atoms with Gasteiger partial charge < -0.3 is 20.4 Å². The Morgan fingerprint density at radius 2 is 1.80 bits per heavy atom. The van der Waals surface area contributed by atoms with Gasteiger partial charge in [-0.1, -0.05) is 5.16 Å². The van der Waals surface area contributed by atoms with Gasteiger partial charge in [0.1, 0.15) is 0 Å². The quantitative estimate of drug-likeness (QED) is 0.379. The summed E-state index contributed by atoms with van der Waals surface area (Å²) in [5.74, 6) is 0.261. The summed E-state index contributed by atoms with van der Waals surface area (Å²) < 4.78 is 0. The summed E-state index contributed by atoms with van der Waals surface area (Å²) in [7, 11) is 2.01. The molecule has 1 aromatic carbocycles. The molecule has 8 nitrogen and oxygen atoms in total. The van der Waals surface area contributed by atoms with E-state index in [4.69, 9.17) is 10.6 Å². The molecule has 2 fully saturated rings. The maximum Gasteiger partial charge on any atom is 0.436 e. The molecule has 8 heteroatoms. The number of carbonyl (C=O) groups excluding carboxylic acids is 2. The van der Waals surface area contributed by atoms with Crippen LogP contribution in [-0.2, 0) is 9.63 Å². The molecule has 134 valence electrons. The van der Waals surface area contributed by atoms with Gasteiger partial charge in [-0.2, -0.15) is 0 Å². The number of piperazine rings is 1. The standard InChI is InChI=1S/C17H23N5O3/c1-20-9-11-21(12-10-20)17(24)25-19-16(18)13-4-6-14(7-5-13)22-8-2-3-15(22)23/h4-7H,2-3,8-12H2,1H3,(H2,18,19). The largest absolute Gasteiger partial charge is 0.436 e. The van der Waals surface area contributed by atoms with Crippen LogP contribution in [0.4, 0.5) is 10.5 Å². The molecule has 0 spiro atoms. The lowest BCUT2D eigenvalue weighted by molar-refractivity contribution is -0.117. The van der Waals surface area contributed by atoms with Crippen molar-refractivity contribution in [1.82, 2.24) is 9.80 Å². The third-order valence-corrected chi connectivity index (χ3v) is 4.53. The van der Waals surface area contributed by atoms with E-state index in [0.29, 0.717) is 25.1 Å². The van der Waals surface area contributed by atoms with E-state index in [9.17, 15) is 9.59 Å². The maximum absolute atomic E-state index is 12.0. The molecule has 0 atom stereocenters. The fraction of sp³-hybridized carbons (Fsp3) is 0.471. The number of amidine groups is 1. The molecule has 1 aromatic rings. The highest BCUT2D eigenvalue weighted by molar-refractivity contribution is 5.99. The van der Waals surface area contributed by atoms with E-state index >= 15 is 0 Å². The number of oxime groups is 1. The second-order valence-corrected chi connectivity index (χ2v) is 6.32. The molecule has 3 rings (SSSR count). The summed E-state index contributed by atoms with van der Waals surface area (Å²) in [5, 5.41) is 3.74. The normalized spacial score (nSPS) is 19.4. The van der Waals surface area contributed by atoms with Crippen molar-refractivity contribution in [2.24, 2.45) is 10.9 Å². The van der Waals surface area contributed by atoms with Crippen LogP contribution < -0.4 is 10.6 Å². The topological polar surface area (TPSA) is 91.5 Å². The zero-order valence-corrected chi connectivity index (χ0v) is 14.4. The van der Waals surface area contributed by atoms with Gasteiger partial charge in [-0.3, -0.25) is 9.63 Å². The lowest BCUT2D eigenvalue weighted by atomic mass is 10.2. The minimum Gasteiger partial charge on any atom is -0.380 e. The number of anilines is 1. The molecule has 0 aliphatic carbocycles. The molecule has 0 saturated carbocycles. The Morgan fingerprint density at radius 1 is 1.12 bits per heavy atom. The molecular weight excluding hydrogens is 322 g/mol. The van der Waals surface area contributed by atoms with Crippen molar-refractivity contribution < 1.29 is 14.4 Å². The Hall–Kier alpha value is -2.61. The van der Waals surface area contributed by atoms with Gasteiger partial charge in [0, 0.05) is 50.4 Å². The number of benzene rings is 1. The van der Waals surface area contributed by atoms with Crippen molar-refractivity contribution in [3.05, 3.63) is 29.8 Å². The van der Waals surface area contributed by atoms with E-state index in [0.717, 1.165) is 31.7 Å². The molecule has 2 N–H and O–H groups in total. The SMILES string of the molecule is CN1CCN(C(=O)O/N=C(\N)c2ccc(N3CCCC3=O)cc2)CC1. The Kier molecular flexibility index (Phi) is 5.18. The van der Waals surface area contributed by atoms with Gasteiger partial charge in [-0.25, -0.2) is 4.79 Å². The van der Waals surface area contributed by atoms with Crippen LogP contribution in [-0.4, -0.2) is 67.4 Å². The van der Waals surface area contributed by atoms with Crippen molar-refractivity contribution in [2.45, 2.75) is 12.8 Å². The van der Waals surface area contributed by atoms with Crippen molar-refractivity contribution >= 4 is 23.5 Å². The Morgan fingerprint density at radius 3 is 2.40 bits per heavy atom. The van der Waals surface area contributed by atoms with Gasteiger partial charge in [-0.15, -0.1) is 0 Å². The monoisotopic (exact) mass is 345 g/mol. The van der Waals surface area contributed by atoms with Gasteiger partial charge in [0.15, 0.2) is 5.84 Å². The molecule has 0 radical (unpaired) electrons. The highest BCUT2D eigenvalue weighted by atomic mass is 16.7. The minimum atomic E-state index is -0.490. The van der Waals surface area contributed by atoms with Crippen LogP contribution in [0.3, 0.4) is 0 Å². The fourth-order valence-corrected chi connectivity index (χ4v) is 2.92. The highest BCUT2D eigenvalue weighted by Gasteiger charge is 2.22. The first-order chi connectivity index (χ1) is 12.0. The number of rotatable bonds is 3. The summed E-state index contributed by atoms with van der Waals surface area (Å²) in [6.07, 6.45) is 0.982. The molecule has 2 heterocycles. The number of likely N-dealkylation sites (N-methyl/N-ethyl adjacent to an activating group) is 1. The van der Waals surface area contributed by atoms with Crippen LogP contribution in [0.15, 0.2) is 29.4 Å². The van der Waals surface area contributed by atoms with Gasteiger partial charge in [0.05, 0.1) is 0 Å². The summed E-state index contributed by atoms with van der Waals surface area (Å²) in [6.45, 7) is 3.59. The fourth-order valence-electron chi connectivity index (χ4n) is 2.92. The van der Waals surface area contributed by atoms with E-state index in [1.165, 1.54) is 0 Å². The molecule has 2 aliphatic rings. The van der Waals surface area contributed by atoms with Gasteiger partial charge in [0.2, 0.25) is 5.91 Å². The average Bonchev–Trinajstić information content (AvgIpc) is 3.06. The predicted molar refractivity (Wildman–Crippen MR) is 94.3 cm³/mol. The Labute approximate surface area is 146 Å². The molecule has 2 amide bonds. The molecule has 0 bridgehead atoms. The van der Waals surface area contributed by atoms with Crippen LogP contribution in [0.2, 0.25) is 0 Å². The highest BCUT2D eigenvalue weighted by Crippen LogP contribution is 2.21. The number of nitrogens with zero attached hydrogens (tertiary/aromatic N) is 4. The summed E-state index contributed by atoms with van der Waals surface area (Å²) in [5.41, 5.74) is 7.37. The smallest absolute Gasteiger partial charge is 0.380 e. The lowest BCUT2D eigenvalue weighted by Gasteiger charge is -2.30. The Bertz CT molecular complexity index is 665. The number of carbonyl (C=O) groups is 2. The van der Waals surface area contributed by atoms with E-state index < -0.39 is 6.09 Å². The minimum absolute atomic E-state index is 0.127. The predicted octanol–water partition coefficient (Wildman–Crippen LogP) is 0.818. The number of hydrogen-bond acceptors (Lipinski definition) is 5. The van der Waals surface area contributed by atoms with Crippen LogP contribution in [0.5, 0.6) is 0 Å². The molecule has 0 aromatic heterocycles. The van der Waals surface area contributed by atoms with Gasteiger partial charge >= 0.3 is 6.09 Å². The van der Waals surface area contributed by atoms with Crippen molar-refractivity contribution in [2.75, 3.05) is 44.7 Å². The second kappa shape index (κ2) is 7.52. The molecule has 0 unspecified atom stereocenters. The molecule has 25 heavy (non-hydrogen) atoms. The lowest BCUT2D eigenvalue weighted by Crippen LogP contribution is -2.47. The van der Waals surface area contributed by atoms with Crippen molar-refractivity contribution in [3.8, 4) is 0 Å². The summed E-state index contributed by atoms with van der Waals surface area (Å²) >= 11 is 0. The first-order valence-corrected chi connectivity index (χ1v) is 8.43. The van der Waals surface area contributed by atoms with E-state index in [1.54, 1.807) is 21.9 Å². The third-order valence-electron chi connectivity index (χ3n) is 4.53. The second-order valence-electron chi connectivity index (χ2n) is 6.32. The number of amides is 2.